The van der Waals surface area contributed by atoms with Crippen molar-refractivity contribution in [2.45, 2.75) is 36.2 Å². The number of aromatic nitrogens is 3. The quantitative estimate of drug-likeness (QED) is 0.920. The number of piperidine rings is 1. The summed E-state index contributed by atoms with van der Waals surface area (Å²) in [5, 5.41) is 11.3. The summed E-state index contributed by atoms with van der Waals surface area (Å²) in [5.41, 5.74) is 1.62. The second-order valence-corrected chi connectivity index (χ2v) is 7.64. The van der Waals surface area contributed by atoms with E-state index in [0.29, 0.717) is 5.02 Å². The van der Waals surface area contributed by atoms with Crippen molar-refractivity contribution in [2.75, 3.05) is 0 Å². The third-order valence-corrected chi connectivity index (χ3v) is 6.40. The van der Waals surface area contributed by atoms with E-state index < -0.39 is 10.0 Å². The number of fused-ring (bicyclic) bond motifs is 5. The molecule has 2 aromatic rings. The van der Waals surface area contributed by atoms with E-state index in [1.807, 2.05) is 0 Å². The molecule has 2 aliphatic rings. The smallest absolute Gasteiger partial charge is 0.244 e. The molecule has 1 aromatic carbocycles. The van der Waals surface area contributed by atoms with Gasteiger partial charge in [-0.15, -0.1) is 5.10 Å². The van der Waals surface area contributed by atoms with Gasteiger partial charge in [-0.1, -0.05) is 16.8 Å². The molecule has 2 atom stereocenters. The average Bonchev–Trinajstić information content (AvgIpc) is 3.01. The summed E-state index contributed by atoms with van der Waals surface area (Å²) in [4.78, 5) is 0.266. The number of rotatable bonds is 2. The van der Waals surface area contributed by atoms with Crippen molar-refractivity contribution in [2.24, 2.45) is 0 Å². The Labute approximate surface area is 127 Å². The fraction of sp³-hybridized carbons (Fsp3) is 0.385. The molecule has 1 saturated heterocycles. The van der Waals surface area contributed by atoms with Gasteiger partial charge in [-0.3, -0.25) is 5.10 Å². The van der Waals surface area contributed by atoms with Gasteiger partial charge < -0.3 is 0 Å². The van der Waals surface area contributed by atoms with Crippen LogP contribution in [0.5, 0.6) is 0 Å². The van der Waals surface area contributed by atoms with Crippen LogP contribution in [0.2, 0.25) is 5.02 Å². The summed E-state index contributed by atoms with van der Waals surface area (Å²) in [6.45, 7) is 0. The first-order chi connectivity index (χ1) is 10.1. The maximum absolute atomic E-state index is 12.9. The van der Waals surface area contributed by atoms with Crippen molar-refractivity contribution in [3.63, 3.8) is 0 Å². The Hall–Kier alpha value is -1.44. The predicted molar refractivity (Wildman–Crippen MR) is 76.2 cm³/mol. The van der Waals surface area contributed by atoms with Crippen LogP contribution in [-0.4, -0.2) is 28.1 Å². The van der Waals surface area contributed by atoms with E-state index in [2.05, 4.69) is 15.4 Å². The summed E-state index contributed by atoms with van der Waals surface area (Å²) in [6, 6.07) is 5.89. The number of H-pyrrole nitrogens is 1. The average molecular weight is 325 g/mol. The molecule has 1 N–H and O–H groups in total. The number of aromatic amines is 1. The molecule has 6 nitrogen and oxygen atoms in total. The minimum absolute atomic E-state index is 0.186. The summed E-state index contributed by atoms with van der Waals surface area (Å²) >= 11 is 5.84. The molecule has 4 rings (SSSR count). The highest BCUT2D eigenvalue weighted by Crippen LogP contribution is 2.51. The molecule has 110 valence electrons. The van der Waals surface area contributed by atoms with Crippen LogP contribution in [0.4, 0.5) is 0 Å². The number of nitrogens with one attached hydrogen (secondary N) is 1. The van der Waals surface area contributed by atoms with Crippen molar-refractivity contribution in [3.05, 3.63) is 40.7 Å². The Balaban J connectivity index is 1.80. The van der Waals surface area contributed by atoms with Gasteiger partial charge in [0, 0.05) is 5.02 Å². The molecule has 0 spiro atoms. The minimum Gasteiger partial charge on any atom is -0.260 e. The van der Waals surface area contributed by atoms with Crippen LogP contribution in [0.1, 0.15) is 42.7 Å². The van der Waals surface area contributed by atoms with E-state index in [0.717, 1.165) is 30.7 Å². The summed E-state index contributed by atoms with van der Waals surface area (Å²) < 4.78 is 27.5. The first kappa shape index (κ1) is 13.2. The summed E-state index contributed by atoms with van der Waals surface area (Å²) in [5.74, 6) is 0. The van der Waals surface area contributed by atoms with Gasteiger partial charge in [0.2, 0.25) is 10.0 Å². The van der Waals surface area contributed by atoms with Crippen molar-refractivity contribution < 1.29 is 8.42 Å². The molecule has 1 aromatic heterocycles. The molecular formula is C13H13ClN4O2S. The van der Waals surface area contributed by atoms with Gasteiger partial charge in [0.1, 0.15) is 5.69 Å². The first-order valence-electron chi connectivity index (χ1n) is 6.79. The van der Waals surface area contributed by atoms with Crippen LogP contribution in [0.15, 0.2) is 29.2 Å². The van der Waals surface area contributed by atoms with Crippen molar-refractivity contribution in [1.29, 1.82) is 0 Å². The largest absolute Gasteiger partial charge is 0.260 e. The molecule has 0 saturated carbocycles. The topological polar surface area (TPSA) is 79.0 Å². The Morgan fingerprint density at radius 2 is 1.90 bits per heavy atom. The van der Waals surface area contributed by atoms with Crippen molar-refractivity contribution in [1.82, 2.24) is 19.7 Å². The molecule has 0 radical (unpaired) electrons. The van der Waals surface area contributed by atoms with Gasteiger partial charge >= 0.3 is 0 Å². The van der Waals surface area contributed by atoms with Gasteiger partial charge in [-0.05, 0) is 43.5 Å². The highest BCUT2D eigenvalue weighted by atomic mass is 35.5. The lowest BCUT2D eigenvalue weighted by Gasteiger charge is -2.33. The Morgan fingerprint density at radius 3 is 2.67 bits per heavy atom. The maximum atomic E-state index is 12.9. The first-order valence-corrected chi connectivity index (χ1v) is 8.61. The number of sulfonamides is 1. The van der Waals surface area contributed by atoms with E-state index in [1.54, 1.807) is 28.6 Å². The van der Waals surface area contributed by atoms with Gasteiger partial charge in [0.05, 0.1) is 22.7 Å². The van der Waals surface area contributed by atoms with Crippen LogP contribution in [-0.2, 0) is 10.0 Å². The van der Waals surface area contributed by atoms with E-state index >= 15 is 0 Å². The number of hydrogen-bond donors (Lipinski definition) is 1. The van der Waals surface area contributed by atoms with Crippen LogP contribution in [0.3, 0.4) is 0 Å². The highest BCUT2D eigenvalue weighted by Gasteiger charge is 2.50. The predicted octanol–water partition coefficient (Wildman–Crippen LogP) is 2.43. The molecular weight excluding hydrogens is 312 g/mol. The summed E-state index contributed by atoms with van der Waals surface area (Å²) in [6.07, 6.45) is 2.56. The van der Waals surface area contributed by atoms with Crippen LogP contribution < -0.4 is 0 Å². The second kappa shape index (κ2) is 4.53. The van der Waals surface area contributed by atoms with Crippen LogP contribution >= 0.6 is 11.6 Å². The third-order valence-electron chi connectivity index (χ3n) is 4.21. The standard InChI is InChI=1S/C13H13ClN4O2S/c14-8-4-6-9(7-5-8)21(19,20)18-10-2-1-3-11(18)13-12(10)15-17-16-13/h4-7,10-11H,1-3H2,(H,15,16,17). The Morgan fingerprint density at radius 1 is 1.19 bits per heavy atom. The van der Waals surface area contributed by atoms with E-state index in [1.165, 1.54) is 0 Å². The van der Waals surface area contributed by atoms with Crippen molar-refractivity contribution >= 4 is 21.6 Å². The number of hydrogen-bond acceptors (Lipinski definition) is 4. The Kier molecular flexibility index (Phi) is 2.85. The van der Waals surface area contributed by atoms with Crippen LogP contribution in [0, 0.1) is 0 Å². The molecule has 3 heterocycles. The number of nitrogens with zero attached hydrogens (tertiary/aromatic N) is 3. The number of halogens is 1. The molecule has 2 bridgehead atoms. The summed E-state index contributed by atoms with van der Waals surface area (Å²) in [7, 11) is -3.57. The van der Waals surface area contributed by atoms with Gasteiger partial charge in [0.25, 0.3) is 0 Å². The molecule has 21 heavy (non-hydrogen) atoms. The lowest BCUT2D eigenvalue weighted by Crippen LogP contribution is -2.36. The second-order valence-electron chi connectivity index (χ2n) is 5.36. The molecule has 0 amide bonds. The maximum Gasteiger partial charge on any atom is 0.244 e. The van der Waals surface area contributed by atoms with Crippen molar-refractivity contribution in [3.8, 4) is 0 Å². The number of benzene rings is 1. The third kappa shape index (κ3) is 1.84. The van der Waals surface area contributed by atoms with Gasteiger partial charge in [-0.25, -0.2) is 8.42 Å². The fourth-order valence-corrected chi connectivity index (χ4v) is 5.24. The van der Waals surface area contributed by atoms with Gasteiger partial charge in [0.15, 0.2) is 0 Å². The molecule has 8 heteroatoms. The zero-order valence-electron chi connectivity index (χ0n) is 11.0. The van der Waals surface area contributed by atoms with E-state index in [-0.39, 0.29) is 17.0 Å². The Bertz CT molecular complexity index is 760. The van der Waals surface area contributed by atoms with E-state index in [9.17, 15) is 8.42 Å². The zero-order valence-corrected chi connectivity index (χ0v) is 12.6. The monoisotopic (exact) mass is 324 g/mol. The molecule has 2 unspecified atom stereocenters. The molecule has 1 fully saturated rings. The zero-order chi connectivity index (χ0) is 14.6. The van der Waals surface area contributed by atoms with Gasteiger partial charge in [-0.2, -0.15) is 4.31 Å². The highest BCUT2D eigenvalue weighted by molar-refractivity contribution is 7.89. The minimum atomic E-state index is -3.57. The lowest BCUT2D eigenvalue weighted by atomic mass is 10.1. The molecule has 0 aliphatic carbocycles. The normalized spacial score (nSPS) is 25.0. The lowest BCUT2D eigenvalue weighted by molar-refractivity contribution is 0.207. The fourth-order valence-electron chi connectivity index (χ4n) is 3.30. The molecule has 2 aliphatic heterocycles. The van der Waals surface area contributed by atoms with Crippen LogP contribution in [0.25, 0.3) is 0 Å². The SMILES string of the molecule is O=S(=O)(c1ccc(Cl)cc1)N1C2CCCC1c1[nH]nnc12. The van der Waals surface area contributed by atoms with E-state index in [4.69, 9.17) is 11.6 Å².